The number of carbonyl (C=O) groups is 1. The lowest BCUT2D eigenvalue weighted by Crippen LogP contribution is -2.49. The Kier molecular flexibility index (Phi) is 5.12. The first-order valence-corrected chi connectivity index (χ1v) is 9.30. The normalized spacial score (nSPS) is 14.1. The molecule has 2 heterocycles. The van der Waals surface area contributed by atoms with Crippen LogP contribution >= 0.6 is 0 Å². The van der Waals surface area contributed by atoms with Gasteiger partial charge in [-0.2, -0.15) is 0 Å². The number of halogens is 2. The third-order valence-corrected chi connectivity index (χ3v) is 5.02. The van der Waals surface area contributed by atoms with E-state index in [9.17, 15) is 18.4 Å². The maximum Gasteiger partial charge on any atom is 0.255 e. The molecule has 148 valence electrons. The fourth-order valence-electron chi connectivity index (χ4n) is 3.42. The van der Waals surface area contributed by atoms with Crippen LogP contribution in [0.5, 0.6) is 0 Å². The van der Waals surface area contributed by atoms with E-state index in [2.05, 4.69) is 4.90 Å². The Bertz CT molecular complexity index is 1070. The molecule has 0 N–H and O–H groups in total. The van der Waals surface area contributed by atoms with Crippen molar-refractivity contribution < 1.29 is 13.6 Å². The lowest BCUT2D eigenvalue weighted by Gasteiger charge is -2.36. The van der Waals surface area contributed by atoms with Gasteiger partial charge >= 0.3 is 0 Å². The van der Waals surface area contributed by atoms with Crippen molar-refractivity contribution in [1.29, 1.82) is 0 Å². The number of anilines is 1. The van der Waals surface area contributed by atoms with Crippen molar-refractivity contribution in [3.05, 3.63) is 94.4 Å². The summed E-state index contributed by atoms with van der Waals surface area (Å²) in [5, 5.41) is 0. The summed E-state index contributed by atoms with van der Waals surface area (Å²) in [5.74, 6) is -0.841. The highest BCUT2D eigenvalue weighted by atomic mass is 19.1. The zero-order valence-corrected chi connectivity index (χ0v) is 15.6. The molecule has 0 atom stereocenters. The molecular weight excluding hydrogens is 376 g/mol. The fourth-order valence-corrected chi connectivity index (χ4v) is 3.42. The second kappa shape index (κ2) is 7.87. The van der Waals surface area contributed by atoms with Gasteiger partial charge < -0.3 is 9.80 Å². The number of nitrogens with zero attached hydrogens (tertiary/aromatic N) is 3. The van der Waals surface area contributed by atoms with Crippen LogP contribution in [0.1, 0.15) is 10.4 Å². The Morgan fingerprint density at radius 1 is 0.724 bits per heavy atom. The minimum atomic E-state index is -0.395. The standard InChI is InChI=1S/C22H19F2N3O2/c23-17-2-6-19(7-3-17)25-11-13-26(14-12-25)22(29)16-1-10-21(28)27(15-16)20-8-4-18(24)5-9-20/h1-10,15H,11-14H2. The predicted molar refractivity (Wildman–Crippen MR) is 107 cm³/mol. The summed E-state index contributed by atoms with van der Waals surface area (Å²) in [5.41, 5.74) is 1.51. The van der Waals surface area contributed by atoms with Crippen LogP contribution in [0.25, 0.3) is 5.69 Å². The number of rotatable bonds is 3. The Hall–Kier alpha value is -3.48. The summed E-state index contributed by atoms with van der Waals surface area (Å²) >= 11 is 0. The van der Waals surface area contributed by atoms with Crippen LogP contribution in [-0.4, -0.2) is 41.6 Å². The van der Waals surface area contributed by atoms with Gasteiger partial charge in [-0.05, 0) is 54.6 Å². The van der Waals surface area contributed by atoms with Gasteiger partial charge in [-0.25, -0.2) is 8.78 Å². The molecule has 7 heteroatoms. The highest BCUT2D eigenvalue weighted by Gasteiger charge is 2.23. The average Bonchev–Trinajstić information content (AvgIpc) is 2.75. The van der Waals surface area contributed by atoms with Crippen molar-refractivity contribution in [1.82, 2.24) is 9.47 Å². The van der Waals surface area contributed by atoms with E-state index >= 15 is 0 Å². The van der Waals surface area contributed by atoms with Gasteiger partial charge in [0.15, 0.2) is 0 Å². The van der Waals surface area contributed by atoms with Crippen molar-refractivity contribution in [3.63, 3.8) is 0 Å². The number of hydrogen-bond acceptors (Lipinski definition) is 3. The van der Waals surface area contributed by atoms with E-state index in [0.29, 0.717) is 37.4 Å². The van der Waals surface area contributed by atoms with Gasteiger partial charge in [0.1, 0.15) is 11.6 Å². The Morgan fingerprint density at radius 2 is 1.28 bits per heavy atom. The Morgan fingerprint density at radius 3 is 1.86 bits per heavy atom. The van der Waals surface area contributed by atoms with E-state index in [4.69, 9.17) is 0 Å². The maximum absolute atomic E-state index is 13.2. The molecule has 1 aliphatic heterocycles. The third-order valence-electron chi connectivity index (χ3n) is 5.02. The molecular formula is C22H19F2N3O2. The Labute approximate surface area is 166 Å². The maximum atomic E-state index is 13.2. The fraction of sp³-hybridized carbons (Fsp3) is 0.182. The van der Waals surface area contributed by atoms with E-state index in [-0.39, 0.29) is 17.3 Å². The van der Waals surface area contributed by atoms with Gasteiger partial charge in [-0.15, -0.1) is 0 Å². The molecule has 0 aliphatic carbocycles. The molecule has 0 bridgehead atoms. The summed E-state index contributed by atoms with van der Waals surface area (Å²) in [6.45, 7) is 2.31. The van der Waals surface area contributed by atoms with Crippen LogP contribution < -0.4 is 10.5 Å². The van der Waals surface area contributed by atoms with E-state index in [1.54, 1.807) is 17.0 Å². The molecule has 29 heavy (non-hydrogen) atoms. The zero-order chi connectivity index (χ0) is 20.4. The van der Waals surface area contributed by atoms with Crippen LogP contribution in [-0.2, 0) is 0 Å². The van der Waals surface area contributed by atoms with Crippen molar-refractivity contribution in [2.75, 3.05) is 31.1 Å². The highest BCUT2D eigenvalue weighted by Crippen LogP contribution is 2.18. The molecule has 5 nitrogen and oxygen atoms in total. The topological polar surface area (TPSA) is 45.6 Å². The largest absolute Gasteiger partial charge is 0.368 e. The Balaban J connectivity index is 1.49. The number of carbonyl (C=O) groups excluding carboxylic acids is 1. The van der Waals surface area contributed by atoms with Crippen molar-refractivity contribution in [2.45, 2.75) is 0 Å². The van der Waals surface area contributed by atoms with Crippen LogP contribution in [0.15, 0.2) is 71.7 Å². The van der Waals surface area contributed by atoms with Gasteiger partial charge in [0.05, 0.1) is 5.56 Å². The number of amides is 1. The number of benzene rings is 2. The van der Waals surface area contributed by atoms with E-state index in [1.807, 2.05) is 0 Å². The van der Waals surface area contributed by atoms with Crippen LogP contribution in [0.4, 0.5) is 14.5 Å². The van der Waals surface area contributed by atoms with Gasteiger partial charge in [-0.3, -0.25) is 14.2 Å². The van der Waals surface area contributed by atoms with E-state index in [1.165, 1.54) is 59.3 Å². The smallest absolute Gasteiger partial charge is 0.255 e. The molecule has 1 aromatic heterocycles. The summed E-state index contributed by atoms with van der Waals surface area (Å²) < 4.78 is 27.6. The molecule has 0 unspecified atom stereocenters. The minimum Gasteiger partial charge on any atom is -0.368 e. The van der Waals surface area contributed by atoms with Crippen LogP contribution in [0, 0.1) is 11.6 Å². The molecule has 3 aromatic rings. The first-order chi connectivity index (χ1) is 14.0. The van der Waals surface area contributed by atoms with Gasteiger partial charge in [-0.1, -0.05) is 0 Å². The molecule has 0 radical (unpaired) electrons. The lowest BCUT2D eigenvalue weighted by atomic mass is 10.2. The predicted octanol–water partition coefficient (Wildman–Crippen LogP) is 3.08. The first-order valence-electron chi connectivity index (χ1n) is 9.30. The average molecular weight is 395 g/mol. The second-order valence-electron chi connectivity index (χ2n) is 6.86. The second-order valence-corrected chi connectivity index (χ2v) is 6.86. The number of piperazine rings is 1. The third kappa shape index (κ3) is 4.03. The molecule has 2 aromatic carbocycles. The van der Waals surface area contributed by atoms with Gasteiger partial charge in [0, 0.05) is 49.8 Å². The highest BCUT2D eigenvalue weighted by molar-refractivity contribution is 5.94. The monoisotopic (exact) mass is 395 g/mol. The zero-order valence-electron chi connectivity index (χ0n) is 15.6. The number of aromatic nitrogens is 1. The lowest BCUT2D eigenvalue weighted by molar-refractivity contribution is 0.0746. The molecule has 4 rings (SSSR count). The summed E-state index contributed by atoms with van der Waals surface area (Å²) in [6.07, 6.45) is 1.49. The molecule has 1 amide bonds. The van der Waals surface area contributed by atoms with E-state index in [0.717, 1.165) is 5.69 Å². The first kappa shape index (κ1) is 18.9. The van der Waals surface area contributed by atoms with Gasteiger partial charge in [0.25, 0.3) is 11.5 Å². The number of hydrogen-bond donors (Lipinski definition) is 0. The summed E-state index contributed by atoms with van der Waals surface area (Å²) in [6, 6.07) is 14.7. The molecule has 0 spiro atoms. The summed E-state index contributed by atoms with van der Waals surface area (Å²) in [7, 11) is 0. The van der Waals surface area contributed by atoms with Crippen LogP contribution in [0.2, 0.25) is 0 Å². The molecule has 1 aliphatic rings. The number of pyridine rings is 1. The van der Waals surface area contributed by atoms with E-state index < -0.39 is 5.82 Å². The molecule has 0 saturated carbocycles. The SMILES string of the molecule is O=C(c1ccc(=O)n(-c2ccc(F)cc2)c1)N1CCN(c2ccc(F)cc2)CC1. The van der Waals surface area contributed by atoms with Crippen molar-refractivity contribution in [2.24, 2.45) is 0 Å². The quantitative estimate of drug-likeness (QED) is 0.685. The summed E-state index contributed by atoms with van der Waals surface area (Å²) in [4.78, 5) is 28.9. The van der Waals surface area contributed by atoms with Gasteiger partial charge in [0.2, 0.25) is 0 Å². The molecule has 1 saturated heterocycles. The minimum absolute atomic E-state index is 0.167. The van der Waals surface area contributed by atoms with Crippen molar-refractivity contribution in [3.8, 4) is 5.69 Å². The molecule has 1 fully saturated rings. The van der Waals surface area contributed by atoms with Crippen molar-refractivity contribution >= 4 is 11.6 Å². The van der Waals surface area contributed by atoms with Crippen LogP contribution in [0.3, 0.4) is 0 Å².